The third-order valence-corrected chi connectivity index (χ3v) is 6.48. The van der Waals surface area contributed by atoms with Crippen molar-refractivity contribution in [2.45, 2.75) is 18.6 Å². The van der Waals surface area contributed by atoms with Gasteiger partial charge in [0.15, 0.2) is 5.17 Å². The van der Waals surface area contributed by atoms with Crippen LogP contribution in [-0.4, -0.2) is 22.2 Å². The van der Waals surface area contributed by atoms with Crippen LogP contribution in [-0.2, 0) is 9.59 Å². The number of hydrogen-bond donors (Lipinski definition) is 1. The van der Waals surface area contributed by atoms with Crippen molar-refractivity contribution < 1.29 is 9.59 Å². The number of nitrogens with zero attached hydrogens (tertiary/aromatic N) is 3. The number of para-hydroxylation sites is 2. The minimum atomic E-state index is -0.513. The smallest absolute Gasteiger partial charge is 0.283 e. The predicted octanol–water partition coefficient (Wildman–Crippen LogP) is 5.45. The molecule has 0 saturated carbocycles. The zero-order valence-corrected chi connectivity index (χ0v) is 19.3. The zero-order valence-electron chi connectivity index (χ0n) is 18.5. The summed E-state index contributed by atoms with van der Waals surface area (Å²) in [5.74, 6) is -0.499. The highest BCUT2D eigenvalue weighted by molar-refractivity contribution is 8.15. The molecule has 0 aromatic heterocycles. The second-order valence-corrected chi connectivity index (χ2v) is 8.64. The van der Waals surface area contributed by atoms with E-state index in [9.17, 15) is 14.9 Å². The highest BCUT2D eigenvalue weighted by Gasteiger charge is 2.34. The number of amides is 2. The van der Waals surface area contributed by atoms with E-state index in [0.717, 1.165) is 5.56 Å². The van der Waals surface area contributed by atoms with E-state index in [1.807, 2.05) is 67.6 Å². The molecule has 2 amide bonds. The van der Waals surface area contributed by atoms with Crippen molar-refractivity contribution in [3.05, 3.63) is 102 Å². The van der Waals surface area contributed by atoms with Gasteiger partial charge < -0.3 is 5.32 Å². The summed E-state index contributed by atoms with van der Waals surface area (Å²) in [4.78, 5) is 32.6. The number of carbonyl (C=O) groups is 2. The van der Waals surface area contributed by atoms with Gasteiger partial charge in [0.25, 0.3) is 5.91 Å². The highest BCUT2D eigenvalue weighted by Crippen LogP contribution is 2.32. The Kier molecular flexibility index (Phi) is 7.21. The zero-order chi connectivity index (χ0) is 23.9. The maximum Gasteiger partial charge on any atom is 0.283 e. The molecule has 1 aliphatic rings. The van der Waals surface area contributed by atoms with E-state index in [1.165, 1.54) is 11.8 Å². The number of amidine groups is 1. The molecule has 7 heteroatoms. The van der Waals surface area contributed by atoms with Crippen LogP contribution in [0, 0.1) is 11.3 Å². The third kappa shape index (κ3) is 5.08. The highest BCUT2D eigenvalue weighted by atomic mass is 32.2. The SMILES string of the molecule is CC[C@H](SC1=N/C(=C\c2ccccc2)C(=O)N1c1ccccc1)C(=O)Nc1ccccc1C#N. The molecule has 1 atom stereocenters. The number of nitrogens with one attached hydrogen (secondary N) is 1. The van der Waals surface area contributed by atoms with Gasteiger partial charge in [0, 0.05) is 0 Å². The van der Waals surface area contributed by atoms with Crippen LogP contribution in [0.25, 0.3) is 6.08 Å². The van der Waals surface area contributed by atoms with Gasteiger partial charge in [0.05, 0.1) is 22.2 Å². The topological polar surface area (TPSA) is 85.6 Å². The minimum absolute atomic E-state index is 0.248. The van der Waals surface area contributed by atoms with Gasteiger partial charge in [-0.1, -0.05) is 79.3 Å². The summed E-state index contributed by atoms with van der Waals surface area (Å²) in [6.07, 6.45) is 2.26. The molecule has 0 unspecified atom stereocenters. The first kappa shape index (κ1) is 23.0. The molecule has 0 bridgehead atoms. The monoisotopic (exact) mass is 466 g/mol. The van der Waals surface area contributed by atoms with E-state index in [1.54, 1.807) is 35.2 Å². The van der Waals surface area contributed by atoms with E-state index < -0.39 is 5.25 Å². The van der Waals surface area contributed by atoms with E-state index in [4.69, 9.17) is 0 Å². The van der Waals surface area contributed by atoms with Crippen molar-refractivity contribution >= 4 is 46.2 Å². The first-order chi connectivity index (χ1) is 16.6. The largest absolute Gasteiger partial charge is 0.324 e. The Morgan fingerprint density at radius 3 is 2.38 bits per heavy atom. The van der Waals surface area contributed by atoms with Crippen LogP contribution in [0.15, 0.2) is 95.6 Å². The summed E-state index contributed by atoms with van der Waals surface area (Å²) < 4.78 is 0. The molecule has 0 saturated heterocycles. The molecule has 3 aromatic rings. The molecule has 4 rings (SSSR count). The number of nitriles is 1. The molecular formula is C27H22N4O2S. The van der Waals surface area contributed by atoms with Crippen molar-refractivity contribution in [1.82, 2.24) is 0 Å². The quantitative estimate of drug-likeness (QED) is 0.489. The molecule has 3 aromatic carbocycles. The molecule has 0 radical (unpaired) electrons. The van der Waals surface area contributed by atoms with Crippen LogP contribution in [0.4, 0.5) is 11.4 Å². The Balaban J connectivity index is 1.63. The molecule has 168 valence electrons. The van der Waals surface area contributed by atoms with Crippen LogP contribution in [0.2, 0.25) is 0 Å². The van der Waals surface area contributed by atoms with Gasteiger partial charge in [-0.3, -0.25) is 14.5 Å². The van der Waals surface area contributed by atoms with Crippen molar-refractivity contribution in [3.63, 3.8) is 0 Å². The van der Waals surface area contributed by atoms with E-state index in [2.05, 4.69) is 16.4 Å². The fraction of sp³-hybridized carbons (Fsp3) is 0.111. The van der Waals surface area contributed by atoms with Gasteiger partial charge in [0.2, 0.25) is 5.91 Å². The summed E-state index contributed by atoms with van der Waals surface area (Å²) >= 11 is 1.23. The Labute approximate surface area is 202 Å². The maximum atomic E-state index is 13.3. The van der Waals surface area contributed by atoms with Crippen LogP contribution in [0.5, 0.6) is 0 Å². The summed E-state index contributed by atoms with van der Waals surface area (Å²) in [6, 6.07) is 27.7. The lowest BCUT2D eigenvalue weighted by atomic mass is 10.2. The second-order valence-electron chi connectivity index (χ2n) is 7.47. The van der Waals surface area contributed by atoms with Crippen LogP contribution >= 0.6 is 11.8 Å². The van der Waals surface area contributed by atoms with Gasteiger partial charge in [-0.15, -0.1) is 0 Å². The molecule has 0 aliphatic carbocycles. The summed E-state index contributed by atoms with van der Waals surface area (Å²) in [5.41, 5.74) is 2.71. The standard InChI is InChI=1S/C27H22N4O2S/c1-2-24(25(32)29-22-16-10-9-13-20(22)18-28)34-27-30-23(17-19-11-5-3-6-12-19)26(33)31(27)21-14-7-4-8-15-21/h3-17,24H,2H2,1H3,(H,29,32)/b23-17-/t24-/m0/s1. The fourth-order valence-corrected chi connectivity index (χ4v) is 4.47. The Hall–Kier alpha value is -4.15. The minimum Gasteiger partial charge on any atom is -0.324 e. The van der Waals surface area contributed by atoms with Gasteiger partial charge in [-0.25, -0.2) is 4.99 Å². The number of thioether (sulfide) groups is 1. The Morgan fingerprint density at radius 1 is 1.06 bits per heavy atom. The number of rotatable bonds is 6. The molecular weight excluding hydrogens is 444 g/mol. The summed E-state index contributed by atoms with van der Waals surface area (Å²) in [5, 5.41) is 12.1. The lowest BCUT2D eigenvalue weighted by molar-refractivity contribution is -0.116. The number of aliphatic imine (C=N–C) groups is 1. The number of anilines is 2. The van der Waals surface area contributed by atoms with Crippen molar-refractivity contribution in [1.29, 1.82) is 5.26 Å². The van der Waals surface area contributed by atoms with E-state index in [-0.39, 0.29) is 11.8 Å². The number of carbonyl (C=O) groups excluding carboxylic acids is 2. The van der Waals surface area contributed by atoms with Gasteiger partial charge in [-0.2, -0.15) is 5.26 Å². The molecule has 0 fully saturated rings. The first-order valence-electron chi connectivity index (χ1n) is 10.8. The van der Waals surface area contributed by atoms with Gasteiger partial charge >= 0.3 is 0 Å². The Morgan fingerprint density at radius 2 is 1.71 bits per heavy atom. The molecule has 1 N–H and O–H groups in total. The average Bonchev–Trinajstić information content (AvgIpc) is 3.18. The van der Waals surface area contributed by atoms with Crippen LogP contribution in [0.1, 0.15) is 24.5 Å². The van der Waals surface area contributed by atoms with E-state index in [0.29, 0.717) is 34.2 Å². The normalized spacial score (nSPS) is 15.1. The maximum absolute atomic E-state index is 13.3. The van der Waals surface area contributed by atoms with Crippen molar-refractivity contribution in [3.8, 4) is 6.07 Å². The van der Waals surface area contributed by atoms with Crippen LogP contribution < -0.4 is 10.2 Å². The number of benzene rings is 3. The second kappa shape index (κ2) is 10.6. The van der Waals surface area contributed by atoms with Crippen LogP contribution in [0.3, 0.4) is 0 Å². The number of hydrogen-bond acceptors (Lipinski definition) is 5. The summed E-state index contributed by atoms with van der Waals surface area (Å²) in [6.45, 7) is 1.90. The summed E-state index contributed by atoms with van der Waals surface area (Å²) in [7, 11) is 0. The first-order valence-corrected chi connectivity index (χ1v) is 11.7. The van der Waals surface area contributed by atoms with Gasteiger partial charge in [-0.05, 0) is 42.3 Å². The lowest BCUT2D eigenvalue weighted by Crippen LogP contribution is -2.34. The average molecular weight is 467 g/mol. The third-order valence-electron chi connectivity index (χ3n) is 5.16. The van der Waals surface area contributed by atoms with Gasteiger partial charge in [0.1, 0.15) is 11.8 Å². The molecule has 34 heavy (non-hydrogen) atoms. The van der Waals surface area contributed by atoms with Crippen molar-refractivity contribution in [2.75, 3.05) is 10.2 Å². The predicted molar refractivity (Wildman–Crippen MR) is 137 cm³/mol. The van der Waals surface area contributed by atoms with Crippen molar-refractivity contribution in [2.24, 2.45) is 4.99 Å². The molecule has 0 spiro atoms. The molecule has 6 nitrogen and oxygen atoms in total. The molecule has 1 heterocycles. The fourth-order valence-electron chi connectivity index (χ4n) is 3.44. The lowest BCUT2D eigenvalue weighted by Gasteiger charge is -2.21. The molecule has 1 aliphatic heterocycles. The Bertz CT molecular complexity index is 1300. The van der Waals surface area contributed by atoms with E-state index >= 15 is 0 Å².